The first-order valence-corrected chi connectivity index (χ1v) is 6.97. The summed E-state index contributed by atoms with van der Waals surface area (Å²) < 4.78 is 0. The van der Waals surface area contributed by atoms with E-state index in [4.69, 9.17) is 0 Å². The fourth-order valence-electron chi connectivity index (χ4n) is 2.64. The quantitative estimate of drug-likeness (QED) is 0.752. The van der Waals surface area contributed by atoms with Gasteiger partial charge in [-0.25, -0.2) is 0 Å². The minimum atomic E-state index is 0.313. The van der Waals surface area contributed by atoms with Crippen LogP contribution in [0.1, 0.15) is 41.0 Å². The molecule has 0 radical (unpaired) electrons. The smallest absolute Gasteiger partial charge is 0.222 e. The molecular formula is C14H28N2O. The molecule has 0 saturated carbocycles. The third kappa shape index (κ3) is 3.98. The molecule has 0 aromatic heterocycles. The molecule has 1 atom stereocenters. The van der Waals surface area contributed by atoms with E-state index < -0.39 is 0 Å². The van der Waals surface area contributed by atoms with Crippen molar-refractivity contribution in [2.45, 2.75) is 47.1 Å². The second kappa shape index (κ2) is 6.39. The molecule has 0 unspecified atom stereocenters. The number of amides is 1. The Balaban J connectivity index is 2.64. The van der Waals surface area contributed by atoms with Crippen molar-refractivity contribution in [3.05, 3.63) is 0 Å². The molecule has 0 aromatic carbocycles. The van der Waals surface area contributed by atoms with Crippen molar-refractivity contribution < 1.29 is 4.79 Å². The van der Waals surface area contributed by atoms with Crippen LogP contribution >= 0.6 is 0 Å². The van der Waals surface area contributed by atoms with Gasteiger partial charge in [0.1, 0.15) is 0 Å². The normalized spacial score (nSPS) is 22.5. The summed E-state index contributed by atoms with van der Waals surface area (Å²) in [6.07, 6.45) is 0.632. The van der Waals surface area contributed by atoms with E-state index in [1.807, 2.05) is 6.92 Å². The van der Waals surface area contributed by atoms with Gasteiger partial charge in [0.05, 0.1) is 0 Å². The van der Waals surface area contributed by atoms with E-state index in [1.165, 1.54) is 0 Å². The predicted octanol–water partition coefficient (Wildman–Crippen LogP) is 2.22. The van der Waals surface area contributed by atoms with Gasteiger partial charge in [-0.3, -0.25) is 9.69 Å². The molecule has 0 bridgehead atoms. The Bertz CT molecular complexity index is 251. The Morgan fingerprint density at radius 3 is 2.35 bits per heavy atom. The minimum absolute atomic E-state index is 0.313. The van der Waals surface area contributed by atoms with Crippen LogP contribution in [0.3, 0.4) is 0 Å². The summed E-state index contributed by atoms with van der Waals surface area (Å²) in [5.41, 5.74) is 0. The maximum atomic E-state index is 11.9. The Hall–Kier alpha value is -0.570. The van der Waals surface area contributed by atoms with E-state index in [1.54, 1.807) is 0 Å². The Morgan fingerprint density at radius 1 is 1.24 bits per heavy atom. The van der Waals surface area contributed by atoms with E-state index >= 15 is 0 Å². The second-order valence-electron chi connectivity index (χ2n) is 5.91. The van der Waals surface area contributed by atoms with Crippen molar-refractivity contribution in [3.8, 4) is 0 Å². The van der Waals surface area contributed by atoms with Crippen LogP contribution in [0.5, 0.6) is 0 Å². The number of nitrogens with zero attached hydrogens (tertiary/aromatic N) is 2. The van der Waals surface area contributed by atoms with Crippen LogP contribution in [0.25, 0.3) is 0 Å². The van der Waals surface area contributed by atoms with Gasteiger partial charge >= 0.3 is 0 Å². The van der Waals surface area contributed by atoms with Gasteiger partial charge in [0.2, 0.25) is 5.91 Å². The monoisotopic (exact) mass is 240 g/mol. The summed E-state index contributed by atoms with van der Waals surface area (Å²) in [6, 6.07) is 0.398. The van der Waals surface area contributed by atoms with Crippen LogP contribution in [0.15, 0.2) is 0 Å². The van der Waals surface area contributed by atoms with Gasteiger partial charge in [0.25, 0.3) is 0 Å². The van der Waals surface area contributed by atoms with Crippen LogP contribution in [-0.4, -0.2) is 47.9 Å². The van der Waals surface area contributed by atoms with Gasteiger partial charge in [-0.2, -0.15) is 0 Å². The highest BCUT2D eigenvalue weighted by Crippen LogP contribution is 2.19. The number of carbonyl (C=O) groups excluding carboxylic acids is 1. The number of rotatable bonds is 4. The van der Waals surface area contributed by atoms with Crippen molar-refractivity contribution in [3.63, 3.8) is 0 Å². The summed E-state index contributed by atoms with van der Waals surface area (Å²) in [6.45, 7) is 15.1. The van der Waals surface area contributed by atoms with Gasteiger partial charge < -0.3 is 4.90 Å². The molecule has 1 saturated heterocycles. The highest BCUT2D eigenvalue weighted by Gasteiger charge is 2.31. The van der Waals surface area contributed by atoms with Crippen molar-refractivity contribution in [2.24, 2.45) is 11.8 Å². The van der Waals surface area contributed by atoms with E-state index in [0.717, 1.165) is 26.2 Å². The molecule has 0 aromatic rings. The molecule has 1 fully saturated rings. The predicted molar refractivity (Wildman–Crippen MR) is 71.9 cm³/mol. The van der Waals surface area contributed by atoms with E-state index in [2.05, 4.69) is 37.5 Å². The molecule has 0 aliphatic carbocycles. The lowest BCUT2D eigenvalue weighted by Gasteiger charge is -2.44. The molecule has 1 amide bonds. The van der Waals surface area contributed by atoms with Crippen LogP contribution < -0.4 is 0 Å². The van der Waals surface area contributed by atoms with E-state index in [-0.39, 0.29) is 0 Å². The molecule has 1 rings (SSSR count). The zero-order chi connectivity index (χ0) is 13.0. The van der Waals surface area contributed by atoms with E-state index in [9.17, 15) is 4.79 Å². The molecule has 1 heterocycles. The Labute approximate surface area is 106 Å². The fraction of sp³-hybridized carbons (Fsp3) is 0.929. The number of hydrogen-bond donors (Lipinski definition) is 0. The molecule has 17 heavy (non-hydrogen) atoms. The SMILES string of the molecule is CCC(=O)N1CCN(CC(C)C)C[C@@H]1C(C)C. The minimum Gasteiger partial charge on any atom is -0.337 e. The number of carbonyl (C=O) groups is 1. The zero-order valence-electron chi connectivity index (χ0n) is 12.1. The van der Waals surface area contributed by atoms with Gasteiger partial charge in [0, 0.05) is 38.6 Å². The summed E-state index contributed by atoms with van der Waals surface area (Å²) in [7, 11) is 0. The largest absolute Gasteiger partial charge is 0.337 e. The summed E-state index contributed by atoms with van der Waals surface area (Å²) in [4.78, 5) is 16.5. The maximum Gasteiger partial charge on any atom is 0.222 e. The maximum absolute atomic E-state index is 11.9. The standard InChI is InChI=1S/C14H28N2O/c1-6-14(17)16-8-7-15(9-11(2)3)10-13(16)12(4)5/h11-13H,6-10H2,1-5H3/t13-/m1/s1. The summed E-state index contributed by atoms with van der Waals surface area (Å²) in [5, 5.41) is 0. The van der Waals surface area contributed by atoms with Crippen LogP contribution in [0.2, 0.25) is 0 Å². The molecule has 3 heteroatoms. The molecule has 100 valence electrons. The Kier molecular flexibility index (Phi) is 5.44. The molecule has 3 nitrogen and oxygen atoms in total. The van der Waals surface area contributed by atoms with Crippen LogP contribution in [0, 0.1) is 11.8 Å². The first kappa shape index (κ1) is 14.5. The molecule has 0 N–H and O–H groups in total. The van der Waals surface area contributed by atoms with Crippen molar-refractivity contribution in [2.75, 3.05) is 26.2 Å². The molecule has 0 spiro atoms. The zero-order valence-corrected chi connectivity index (χ0v) is 12.1. The Morgan fingerprint density at radius 2 is 1.88 bits per heavy atom. The van der Waals surface area contributed by atoms with Crippen molar-refractivity contribution >= 4 is 5.91 Å². The summed E-state index contributed by atoms with van der Waals surface area (Å²) >= 11 is 0. The van der Waals surface area contributed by atoms with Gasteiger partial charge in [-0.15, -0.1) is 0 Å². The van der Waals surface area contributed by atoms with Crippen molar-refractivity contribution in [1.29, 1.82) is 0 Å². The van der Waals surface area contributed by atoms with Gasteiger partial charge in [-0.05, 0) is 11.8 Å². The second-order valence-corrected chi connectivity index (χ2v) is 5.91. The third-order valence-electron chi connectivity index (χ3n) is 3.52. The average Bonchev–Trinajstić information content (AvgIpc) is 2.27. The molecular weight excluding hydrogens is 212 g/mol. The number of piperazine rings is 1. The first-order chi connectivity index (χ1) is 7.95. The first-order valence-electron chi connectivity index (χ1n) is 6.97. The van der Waals surface area contributed by atoms with Gasteiger partial charge in [0.15, 0.2) is 0 Å². The van der Waals surface area contributed by atoms with Gasteiger partial charge in [-0.1, -0.05) is 34.6 Å². The topological polar surface area (TPSA) is 23.6 Å². The summed E-state index contributed by atoms with van der Waals surface area (Å²) in [5.74, 6) is 1.56. The highest BCUT2D eigenvalue weighted by molar-refractivity contribution is 5.76. The lowest BCUT2D eigenvalue weighted by Crippen LogP contribution is -2.57. The lowest BCUT2D eigenvalue weighted by molar-refractivity contribution is -0.137. The van der Waals surface area contributed by atoms with Crippen LogP contribution in [-0.2, 0) is 4.79 Å². The van der Waals surface area contributed by atoms with E-state index in [0.29, 0.717) is 30.2 Å². The molecule has 1 aliphatic heterocycles. The third-order valence-corrected chi connectivity index (χ3v) is 3.52. The number of hydrogen-bond acceptors (Lipinski definition) is 2. The average molecular weight is 240 g/mol. The van der Waals surface area contributed by atoms with Crippen LogP contribution in [0.4, 0.5) is 0 Å². The highest BCUT2D eigenvalue weighted by atomic mass is 16.2. The fourth-order valence-corrected chi connectivity index (χ4v) is 2.64. The van der Waals surface area contributed by atoms with Crippen molar-refractivity contribution in [1.82, 2.24) is 9.80 Å². The lowest BCUT2D eigenvalue weighted by atomic mass is 9.98. The molecule has 1 aliphatic rings.